The fourth-order valence-electron chi connectivity index (χ4n) is 3.26. The van der Waals surface area contributed by atoms with Gasteiger partial charge in [0.05, 0.1) is 10.5 Å². The van der Waals surface area contributed by atoms with Crippen molar-refractivity contribution in [2.24, 2.45) is 0 Å². The van der Waals surface area contributed by atoms with Gasteiger partial charge in [-0.25, -0.2) is 26.7 Å². The first kappa shape index (κ1) is 24.3. The molecule has 0 aromatic heterocycles. The zero-order valence-corrected chi connectivity index (χ0v) is 18.7. The molecule has 6 nitrogen and oxygen atoms in total. The number of rotatable bonds is 10. The maximum absolute atomic E-state index is 13.2. The molecule has 0 aliphatic carbocycles. The second-order valence-corrected chi connectivity index (χ2v) is 9.10. The summed E-state index contributed by atoms with van der Waals surface area (Å²) in [6, 6.07) is 14.1. The lowest BCUT2D eigenvalue weighted by Crippen LogP contribution is -2.26. The van der Waals surface area contributed by atoms with E-state index in [9.17, 15) is 27.1 Å². The van der Waals surface area contributed by atoms with Crippen LogP contribution in [0.5, 0.6) is 5.75 Å². The predicted molar refractivity (Wildman–Crippen MR) is 121 cm³/mol. The van der Waals surface area contributed by atoms with Crippen LogP contribution in [0.1, 0.15) is 35.4 Å². The van der Waals surface area contributed by atoms with Gasteiger partial charge < -0.3 is 9.84 Å². The summed E-state index contributed by atoms with van der Waals surface area (Å²) in [5.41, 5.74) is 1.74. The molecule has 0 aliphatic heterocycles. The van der Waals surface area contributed by atoms with E-state index >= 15 is 0 Å². The zero-order chi connectivity index (χ0) is 24.0. The standard InChI is InChI=1S/C24H23F2NO5S.H2/c1-2-18-5-8-22(14-23(18)24(28)29)33(30,31)27-10-9-16-3-6-21(7-4-16)32-15-17-11-19(25)13-20(26)12-17;/h3-8,11-14,27H,2,9-10,15H2,1H3,(H,28,29);1H. The quantitative estimate of drug-likeness (QED) is 0.446. The largest absolute Gasteiger partial charge is 0.489 e. The highest BCUT2D eigenvalue weighted by Crippen LogP contribution is 2.18. The second kappa shape index (κ2) is 10.5. The van der Waals surface area contributed by atoms with Gasteiger partial charge in [-0.1, -0.05) is 25.1 Å². The number of ether oxygens (including phenoxy) is 1. The predicted octanol–water partition coefficient (Wildman–Crippen LogP) is 4.57. The van der Waals surface area contributed by atoms with Crippen LogP contribution in [0, 0.1) is 11.6 Å². The van der Waals surface area contributed by atoms with Gasteiger partial charge in [0.25, 0.3) is 0 Å². The molecule has 0 atom stereocenters. The molecule has 9 heteroatoms. The number of benzene rings is 3. The summed E-state index contributed by atoms with van der Waals surface area (Å²) >= 11 is 0. The first-order chi connectivity index (χ1) is 15.7. The minimum absolute atomic E-state index is 0. The molecule has 33 heavy (non-hydrogen) atoms. The summed E-state index contributed by atoms with van der Waals surface area (Å²) in [5, 5.41) is 9.30. The van der Waals surface area contributed by atoms with E-state index < -0.39 is 27.6 Å². The van der Waals surface area contributed by atoms with Crippen LogP contribution < -0.4 is 9.46 Å². The lowest BCUT2D eigenvalue weighted by atomic mass is 10.1. The normalized spacial score (nSPS) is 11.4. The Balaban J connectivity index is 0.00000408. The molecule has 0 heterocycles. The highest BCUT2D eigenvalue weighted by Gasteiger charge is 2.18. The SMILES string of the molecule is CCc1ccc(S(=O)(=O)NCCc2ccc(OCc3cc(F)cc(F)c3)cc2)cc1C(=O)O.[HH]. The number of carboxylic acid groups (broad SMARTS) is 1. The molecule has 0 saturated carbocycles. The third-order valence-corrected chi connectivity index (χ3v) is 6.42. The first-order valence-electron chi connectivity index (χ1n) is 10.2. The molecular formula is C24H25F2NO5S. The van der Waals surface area contributed by atoms with Gasteiger partial charge in [-0.3, -0.25) is 0 Å². The summed E-state index contributed by atoms with van der Waals surface area (Å²) in [7, 11) is -3.87. The molecule has 0 radical (unpaired) electrons. The Hall–Kier alpha value is -3.30. The summed E-state index contributed by atoms with van der Waals surface area (Å²) < 4.78 is 59.6. The van der Waals surface area contributed by atoms with Crippen molar-refractivity contribution in [2.45, 2.75) is 31.3 Å². The van der Waals surface area contributed by atoms with Crippen molar-refractivity contribution in [1.82, 2.24) is 4.72 Å². The molecule has 0 saturated heterocycles. The fourth-order valence-corrected chi connectivity index (χ4v) is 4.31. The highest BCUT2D eigenvalue weighted by molar-refractivity contribution is 7.89. The number of halogens is 2. The lowest BCUT2D eigenvalue weighted by molar-refractivity contribution is 0.0695. The van der Waals surface area contributed by atoms with Gasteiger partial charge >= 0.3 is 5.97 Å². The van der Waals surface area contributed by atoms with Crippen LogP contribution in [0.15, 0.2) is 65.6 Å². The number of sulfonamides is 1. The van der Waals surface area contributed by atoms with Crippen molar-refractivity contribution in [3.63, 3.8) is 0 Å². The van der Waals surface area contributed by atoms with Gasteiger partial charge in [0.1, 0.15) is 24.0 Å². The minimum Gasteiger partial charge on any atom is -0.489 e. The summed E-state index contributed by atoms with van der Waals surface area (Å²) in [6.07, 6.45) is 0.877. The van der Waals surface area contributed by atoms with E-state index in [1.165, 1.54) is 30.3 Å². The van der Waals surface area contributed by atoms with Crippen LogP contribution in [0.3, 0.4) is 0 Å². The maximum Gasteiger partial charge on any atom is 0.336 e. The Morgan fingerprint density at radius 2 is 1.67 bits per heavy atom. The average molecular weight is 478 g/mol. The molecule has 3 rings (SSSR count). The lowest BCUT2D eigenvalue weighted by Gasteiger charge is -2.10. The monoisotopic (exact) mass is 477 g/mol. The summed E-state index contributed by atoms with van der Waals surface area (Å²) in [6.45, 7) is 1.91. The van der Waals surface area contributed by atoms with E-state index in [1.54, 1.807) is 31.2 Å². The average Bonchev–Trinajstić information content (AvgIpc) is 2.77. The molecule has 176 valence electrons. The van der Waals surface area contributed by atoms with Crippen LogP contribution in [0.2, 0.25) is 0 Å². The molecular weight excluding hydrogens is 452 g/mol. The van der Waals surface area contributed by atoms with Crippen molar-refractivity contribution < 1.29 is 33.3 Å². The third kappa shape index (κ3) is 6.59. The van der Waals surface area contributed by atoms with Crippen molar-refractivity contribution in [2.75, 3.05) is 6.54 Å². The summed E-state index contributed by atoms with van der Waals surface area (Å²) in [4.78, 5) is 11.3. The topological polar surface area (TPSA) is 92.7 Å². The van der Waals surface area contributed by atoms with E-state index in [2.05, 4.69) is 4.72 Å². The van der Waals surface area contributed by atoms with E-state index in [-0.39, 0.29) is 25.0 Å². The fraction of sp³-hybridized carbons (Fsp3) is 0.208. The molecule has 2 N–H and O–H groups in total. The number of aryl methyl sites for hydroxylation is 1. The second-order valence-electron chi connectivity index (χ2n) is 7.34. The van der Waals surface area contributed by atoms with Crippen molar-refractivity contribution in [3.8, 4) is 5.75 Å². The van der Waals surface area contributed by atoms with Gasteiger partial charge in [0.15, 0.2) is 0 Å². The smallest absolute Gasteiger partial charge is 0.336 e. The Morgan fingerprint density at radius 1 is 1.00 bits per heavy atom. The minimum atomic E-state index is -3.87. The third-order valence-electron chi connectivity index (χ3n) is 4.96. The van der Waals surface area contributed by atoms with Gasteiger partial charge in [0.2, 0.25) is 10.0 Å². The van der Waals surface area contributed by atoms with Gasteiger partial charge in [-0.05, 0) is 65.9 Å². The van der Waals surface area contributed by atoms with Crippen LogP contribution >= 0.6 is 0 Å². The van der Waals surface area contributed by atoms with Crippen LogP contribution in [-0.2, 0) is 29.5 Å². The Labute approximate surface area is 192 Å². The van der Waals surface area contributed by atoms with Crippen molar-refractivity contribution in [3.05, 3.63) is 94.6 Å². The molecule has 0 unspecified atom stereocenters. The van der Waals surface area contributed by atoms with Crippen LogP contribution in [-0.4, -0.2) is 26.0 Å². The Kier molecular flexibility index (Phi) is 7.78. The van der Waals surface area contributed by atoms with Gasteiger partial charge in [0, 0.05) is 14.0 Å². The molecule has 3 aromatic rings. The maximum atomic E-state index is 13.2. The van der Waals surface area contributed by atoms with E-state index in [0.717, 1.165) is 11.6 Å². The van der Waals surface area contributed by atoms with E-state index in [0.29, 0.717) is 29.7 Å². The highest BCUT2D eigenvalue weighted by atomic mass is 32.2. The molecule has 0 amide bonds. The molecule has 0 spiro atoms. The first-order valence-corrected chi connectivity index (χ1v) is 11.7. The number of carboxylic acids is 1. The Morgan fingerprint density at radius 3 is 2.27 bits per heavy atom. The van der Waals surface area contributed by atoms with Crippen LogP contribution in [0.4, 0.5) is 8.78 Å². The van der Waals surface area contributed by atoms with Crippen LogP contribution in [0.25, 0.3) is 0 Å². The van der Waals surface area contributed by atoms with Crippen molar-refractivity contribution in [1.29, 1.82) is 0 Å². The Bertz CT molecular complexity index is 1230. The number of nitrogens with one attached hydrogen (secondary N) is 1. The number of carbonyl (C=O) groups is 1. The number of hydrogen-bond acceptors (Lipinski definition) is 4. The van der Waals surface area contributed by atoms with Crippen molar-refractivity contribution >= 4 is 16.0 Å². The molecule has 0 bridgehead atoms. The van der Waals surface area contributed by atoms with Gasteiger partial charge in [-0.2, -0.15) is 0 Å². The molecule has 0 fully saturated rings. The van der Waals surface area contributed by atoms with E-state index in [1.807, 2.05) is 0 Å². The molecule has 3 aromatic carbocycles. The summed E-state index contributed by atoms with van der Waals surface area (Å²) in [5.74, 6) is -2.02. The molecule has 0 aliphatic rings. The number of hydrogen-bond donors (Lipinski definition) is 2. The van der Waals surface area contributed by atoms with Gasteiger partial charge in [-0.15, -0.1) is 0 Å². The zero-order valence-electron chi connectivity index (χ0n) is 17.8. The number of aromatic carboxylic acids is 1. The van der Waals surface area contributed by atoms with E-state index in [4.69, 9.17) is 4.74 Å².